The van der Waals surface area contributed by atoms with E-state index >= 15 is 0 Å². The fourth-order valence-corrected chi connectivity index (χ4v) is 8.01. The summed E-state index contributed by atoms with van der Waals surface area (Å²) in [5.74, 6) is 1.80. The third kappa shape index (κ3) is 14.9. The number of fused-ring (bicyclic) bond motifs is 1. The molecule has 1 atom stereocenters. The Bertz CT molecular complexity index is 1480. The number of amides is 2. The van der Waals surface area contributed by atoms with E-state index in [0.717, 1.165) is 74.6 Å². The first kappa shape index (κ1) is 42.3. The maximum atomic E-state index is 13.0. The molecule has 1 aromatic carbocycles. The molecule has 5 rings (SSSR count). The third-order valence-electron chi connectivity index (χ3n) is 11.4. The Kier molecular flexibility index (Phi) is 18.4. The molecule has 1 aliphatic heterocycles. The van der Waals surface area contributed by atoms with Gasteiger partial charge in [0.15, 0.2) is 0 Å². The van der Waals surface area contributed by atoms with Crippen LogP contribution in [0.1, 0.15) is 109 Å². The number of nitrogens with one attached hydrogen (secondary N) is 7. The van der Waals surface area contributed by atoms with Gasteiger partial charge in [0.2, 0.25) is 17.8 Å². The number of hydrogen-bond donors (Lipinski definition) is 8. The lowest BCUT2D eigenvalue weighted by molar-refractivity contribution is -0.132. The van der Waals surface area contributed by atoms with Crippen molar-refractivity contribution in [1.29, 1.82) is 5.53 Å². The van der Waals surface area contributed by atoms with Gasteiger partial charge in [-0.1, -0.05) is 50.7 Å². The maximum absolute atomic E-state index is 13.0. The van der Waals surface area contributed by atoms with Crippen LogP contribution in [0.4, 0.5) is 11.8 Å². The van der Waals surface area contributed by atoms with Crippen molar-refractivity contribution < 1.29 is 9.59 Å². The van der Waals surface area contributed by atoms with Crippen molar-refractivity contribution in [3.63, 3.8) is 0 Å². The van der Waals surface area contributed by atoms with Crippen LogP contribution in [0.15, 0.2) is 41.3 Å². The minimum atomic E-state index is -0.570. The first-order valence-electron chi connectivity index (χ1n) is 21.3. The number of hydrogen-bond acceptors (Lipinski definition) is 12. The lowest BCUT2D eigenvalue weighted by Gasteiger charge is -2.33. The predicted molar refractivity (Wildman–Crippen MR) is 221 cm³/mol. The predicted octanol–water partition coefficient (Wildman–Crippen LogP) is 5.39. The summed E-state index contributed by atoms with van der Waals surface area (Å²) in [6.07, 6.45) is 20.0. The van der Waals surface area contributed by atoms with Crippen molar-refractivity contribution in [3.05, 3.63) is 36.2 Å². The van der Waals surface area contributed by atoms with E-state index in [9.17, 15) is 9.59 Å². The zero-order chi connectivity index (χ0) is 38.5. The van der Waals surface area contributed by atoms with Crippen molar-refractivity contribution in [2.45, 2.75) is 127 Å². The molecule has 2 aromatic rings. The highest BCUT2D eigenvalue weighted by atomic mass is 16.2. The number of carbonyl (C=O) groups excluding carboxylic acids is 2. The average molecular weight is 761 g/mol. The highest BCUT2D eigenvalue weighted by molar-refractivity contribution is 5.90. The molecule has 3 aliphatic rings. The molecule has 2 heterocycles. The molecule has 0 bridgehead atoms. The molecule has 0 radical (unpaired) electrons. The molecule has 1 saturated heterocycles. The quantitative estimate of drug-likeness (QED) is 0.0537. The number of benzene rings is 1. The number of para-hydroxylation sites is 1. The van der Waals surface area contributed by atoms with Crippen LogP contribution in [0.2, 0.25) is 0 Å². The summed E-state index contributed by atoms with van der Waals surface area (Å²) >= 11 is 0. The highest BCUT2D eigenvalue weighted by Crippen LogP contribution is 2.26. The van der Waals surface area contributed by atoms with Crippen LogP contribution in [0.25, 0.3) is 10.9 Å². The fourth-order valence-electron chi connectivity index (χ4n) is 8.01. The molecule has 2 saturated carbocycles. The van der Waals surface area contributed by atoms with E-state index < -0.39 is 6.04 Å². The smallest absolute Gasteiger partial charge is 0.236 e. The van der Waals surface area contributed by atoms with Gasteiger partial charge in [-0.3, -0.25) is 9.59 Å². The first-order valence-corrected chi connectivity index (χ1v) is 21.3. The molecule has 304 valence electrons. The number of rotatable bonds is 23. The van der Waals surface area contributed by atoms with Gasteiger partial charge in [0.1, 0.15) is 5.82 Å². The molecule has 0 unspecified atom stereocenters. The molecule has 1 aromatic heterocycles. The Hall–Kier alpha value is -3.88. The number of anilines is 2. The van der Waals surface area contributed by atoms with Gasteiger partial charge in [-0.15, -0.1) is 0 Å². The molecule has 0 spiro atoms. The Morgan fingerprint density at radius 3 is 2.38 bits per heavy atom. The Morgan fingerprint density at radius 2 is 1.62 bits per heavy atom. The zero-order valence-electron chi connectivity index (χ0n) is 33.1. The standard InChI is InChI=1S/C41H68N12O2/c42-36(40(55)47-28-31-12-3-1-4-13-31)17-9-19-38(54)53-26-20-33(21-27-53)49-39-35-16-7-8-18-37(35)50-41(51-39)48-30-34(52-43)29-45-24-10-22-44-23-11-25-46-32-14-5-2-6-15-32/h7-8,16,18,29,31-33,36,43-46H,1-6,9-15,17,19-28,30,42H2,(H,47,55)(H2,48,49,50,51)/b34-29-,52-43?/t36-/m0/s1. The zero-order valence-corrected chi connectivity index (χ0v) is 33.1. The lowest BCUT2D eigenvalue weighted by atomic mass is 9.89. The Balaban J connectivity index is 0.979. The van der Waals surface area contributed by atoms with Crippen LogP contribution >= 0.6 is 0 Å². The molecule has 55 heavy (non-hydrogen) atoms. The number of nitrogens with two attached hydrogens (primary N) is 1. The molecule has 3 fully saturated rings. The number of nitrogens with zero attached hydrogens (tertiary/aromatic N) is 4. The second-order valence-corrected chi connectivity index (χ2v) is 15.8. The molecule has 2 aliphatic carbocycles. The van der Waals surface area contributed by atoms with Gasteiger partial charge in [-0.05, 0) is 102 Å². The van der Waals surface area contributed by atoms with Gasteiger partial charge in [0.05, 0.1) is 23.8 Å². The summed E-state index contributed by atoms with van der Waals surface area (Å²) in [7, 11) is 0. The SMILES string of the molecule is N=N/C(=C\NCCCNCCCNC1CCCCC1)CNc1nc(NC2CCN(C(=O)CCC[C@H](N)C(=O)NCC3CCCCC3)CC2)c2ccccc2n1. The summed E-state index contributed by atoms with van der Waals surface area (Å²) in [4.78, 5) is 37.0. The first-order chi connectivity index (χ1) is 27.0. The summed E-state index contributed by atoms with van der Waals surface area (Å²) < 4.78 is 0. The third-order valence-corrected chi connectivity index (χ3v) is 11.4. The van der Waals surface area contributed by atoms with Crippen LogP contribution < -0.4 is 37.6 Å². The summed E-state index contributed by atoms with van der Waals surface area (Å²) in [5.41, 5.74) is 15.2. The minimum Gasteiger partial charge on any atom is -0.389 e. The summed E-state index contributed by atoms with van der Waals surface area (Å²) in [6, 6.07) is 8.23. The molecular formula is C41H68N12O2. The topological polar surface area (TPSA) is 198 Å². The Labute approximate surface area is 328 Å². The van der Waals surface area contributed by atoms with Crippen molar-refractivity contribution in [2.75, 3.05) is 63.0 Å². The van der Waals surface area contributed by atoms with E-state index in [2.05, 4.69) is 37.0 Å². The number of piperidine rings is 1. The van der Waals surface area contributed by atoms with Gasteiger partial charge < -0.3 is 42.5 Å². The average Bonchev–Trinajstić information content (AvgIpc) is 3.22. The highest BCUT2D eigenvalue weighted by Gasteiger charge is 2.24. The van der Waals surface area contributed by atoms with Crippen LogP contribution in [0.5, 0.6) is 0 Å². The van der Waals surface area contributed by atoms with Gasteiger partial charge in [-0.2, -0.15) is 10.1 Å². The number of likely N-dealkylation sites (tertiary alicyclic amines) is 1. The van der Waals surface area contributed by atoms with E-state index in [4.69, 9.17) is 21.2 Å². The van der Waals surface area contributed by atoms with Crippen molar-refractivity contribution >= 4 is 34.5 Å². The van der Waals surface area contributed by atoms with Crippen LogP contribution in [0.3, 0.4) is 0 Å². The summed E-state index contributed by atoms with van der Waals surface area (Å²) in [6.45, 7) is 6.21. The van der Waals surface area contributed by atoms with Crippen LogP contribution in [-0.2, 0) is 9.59 Å². The monoisotopic (exact) mass is 761 g/mol. The fraction of sp³-hybridized carbons (Fsp3) is 0.707. The summed E-state index contributed by atoms with van der Waals surface area (Å²) in [5, 5.41) is 25.1. The van der Waals surface area contributed by atoms with Crippen molar-refractivity contribution in [1.82, 2.24) is 36.1 Å². The van der Waals surface area contributed by atoms with Gasteiger partial charge in [-0.25, -0.2) is 10.5 Å². The van der Waals surface area contributed by atoms with Gasteiger partial charge in [0, 0.05) is 56.3 Å². The molecule has 9 N–H and O–H groups in total. The van der Waals surface area contributed by atoms with E-state index in [1.54, 1.807) is 6.20 Å². The van der Waals surface area contributed by atoms with Gasteiger partial charge in [0.25, 0.3) is 0 Å². The molecule has 14 nitrogen and oxygen atoms in total. The van der Waals surface area contributed by atoms with Crippen molar-refractivity contribution in [2.24, 2.45) is 16.8 Å². The van der Waals surface area contributed by atoms with E-state index in [-0.39, 0.29) is 17.9 Å². The van der Waals surface area contributed by atoms with Crippen LogP contribution in [-0.4, -0.2) is 97.2 Å². The number of aromatic nitrogens is 2. The molecular weight excluding hydrogens is 693 g/mol. The normalized spacial score (nSPS) is 18.2. The second kappa shape index (κ2) is 23.9. The van der Waals surface area contributed by atoms with E-state index in [1.807, 2.05) is 29.2 Å². The lowest BCUT2D eigenvalue weighted by Crippen LogP contribution is -2.43. The van der Waals surface area contributed by atoms with Gasteiger partial charge >= 0.3 is 0 Å². The van der Waals surface area contributed by atoms with Crippen molar-refractivity contribution in [3.8, 4) is 0 Å². The Morgan fingerprint density at radius 1 is 0.891 bits per heavy atom. The number of carbonyl (C=O) groups is 2. The van der Waals surface area contributed by atoms with E-state index in [1.165, 1.54) is 64.2 Å². The van der Waals surface area contributed by atoms with Crippen LogP contribution in [0, 0.1) is 11.4 Å². The largest absolute Gasteiger partial charge is 0.389 e. The molecule has 14 heteroatoms. The molecule has 2 amide bonds. The van der Waals surface area contributed by atoms with E-state index in [0.29, 0.717) is 63.0 Å². The maximum Gasteiger partial charge on any atom is 0.236 e. The minimum absolute atomic E-state index is 0.0988. The second-order valence-electron chi connectivity index (χ2n) is 15.8.